The summed E-state index contributed by atoms with van der Waals surface area (Å²) >= 11 is 5.82. The highest BCUT2D eigenvalue weighted by molar-refractivity contribution is 7.89. The first kappa shape index (κ1) is 23.9. The molecule has 0 aliphatic rings. The number of likely N-dealkylation sites (N-methyl/N-ethyl adjacent to an activating group) is 1. The summed E-state index contributed by atoms with van der Waals surface area (Å²) in [6, 6.07) is 9.81. The third-order valence-corrected chi connectivity index (χ3v) is 6.18. The largest absolute Gasteiger partial charge is 0.336 e. The third-order valence-electron chi connectivity index (χ3n) is 4.49. The van der Waals surface area contributed by atoms with Gasteiger partial charge in [0.1, 0.15) is 0 Å². The normalized spacial score (nSPS) is 11.2. The summed E-state index contributed by atoms with van der Waals surface area (Å²) in [6.45, 7) is 5.59. The molecular formula is C21H26ClN3O4S. The second-order valence-electron chi connectivity index (χ2n) is 7.18. The number of hydrogen-bond acceptors (Lipinski definition) is 4. The van der Waals surface area contributed by atoms with Crippen LogP contribution in [0, 0.1) is 20.8 Å². The van der Waals surface area contributed by atoms with Crippen molar-refractivity contribution in [2.24, 2.45) is 0 Å². The second kappa shape index (κ2) is 10.1. The van der Waals surface area contributed by atoms with E-state index in [1.807, 2.05) is 32.9 Å². The molecule has 0 aliphatic carbocycles. The van der Waals surface area contributed by atoms with Gasteiger partial charge in [0.2, 0.25) is 21.8 Å². The fourth-order valence-electron chi connectivity index (χ4n) is 3.06. The minimum absolute atomic E-state index is 0.0269. The summed E-state index contributed by atoms with van der Waals surface area (Å²) in [5.74, 6) is -0.670. The van der Waals surface area contributed by atoms with Gasteiger partial charge in [-0.05, 0) is 50.1 Å². The number of nitrogens with one attached hydrogen (secondary N) is 2. The van der Waals surface area contributed by atoms with Gasteiger partial charge in [-0.1, -0.05) is 35.4 Å². The number of hydrogen-bond donors (Lipinski definition) is 2. The second-order valence-corrected chi connectivity index (χ2v) is 9.38. The van der Waals surface area contributed by atoms with E-state index in [-0.39, 0.29) is 36.2 Å². The van der Waals surface area contributed by atoms with Crippen molar-refractivity contribution in [3.8, 4) is 0 Å². The molecule has 2 aromatic rings. The van der Waals surface area contributed by atoms with Gasteiger partial charge in [0, 0.05) is 30.7 Å². The summed E-state index contributed by atoms with van der Waals surface area (Å²) < 4.78 is 26.9. The van der Waals surface area contributed by atoms with Crippen LogP contribution in [-0.2, 0) is 19.6 Å². The molecule has 9 heteroatoms. The Morgan fingerprint density at radius 3 is 2.30 bits per heavy atom. The van der Waals surface area contributed by atoms with E-state index >= 15 is 0 Å². The number of amides is 2. The Morgan fingerprint density at radius 1 is 1.07 bits per heavy atom. The van der Waals surface area contributed by atoms with Crippen molar-refractivity contribution in [1.29, 1.82) is 0 Å². The van der Waals surface area contributed by atoms with Crippen LogP contribution >= 0.6 is 11.6 Å². The van der Waals surface area contributed by atoms with Crippen LogP contribution in [0.4, 0.5) is 5.69 Å². The first-order valence-corrected chi connectivity index (χ1v) is 11.2. The topological polar surface area (TPSA) is 95.6 Å². The first-order valence-electron chi connectivity index (χ1n) is 9.36. The van der Waals surface area contributed by atoms with Gasteiger partial charge in [0.05, 0.1) is 11.4 Å². The van der Waals surface area contributed by atoms with Crippen LogP contribution in [0.5, 0.6) is 0 Å². The fraction of sp³-hybridized carbons (Fsp3) is 0.333. The molecule has 0 saturated heterocycles. The van der Waals surface area contributed by atoms with E-state index in [0.717, 1.165) is 22.4 Å². The lowest BCUT2D eigenvalue weighted by Crippen LogP contribution is -2.37. The summed E-state index contributed by atoms with van der Waals surface area (Å²) in [4.78, 5) is 25.9. The highest BCUT2D eigenvalue weighted by Crippen LogP contribution is 2.21. The van der Waals surface area contributed by atoms with Crippen LogP contribution in [0.3, 0.4) is 0 Å². The average molecular weight is 452 g/mol. The number of halogens is 1. The smallest absolute Gasteiger partial charge is 0.243 e. The first-order chi connectivity index (χ1) is 14.0. The lowest BCUT2D eigenvalue weighted by Gasteiger charge is -2.18. The molecule has 0 unspecified atom stereocenters. The van der Waals surface area contributed by atoms with E-state index in [1.54, 1.807) is 6.07 Å². The minimum Gasteiger partial charge on any atom is -0.336 e. The van der Waals surface area contributed by atoms with Crippen molar-refractivity contribution in [3.63, 3.8) is 0 Å². The maximum Gasteiger partial charge on any atom is 0.243 e. The fourth-order valence-corrected chi connectivity index (χ4v) is 4.39. The zero-order valence-electron chi connectivity index (χ0n) is 17.5. The van der Waals surface area contributed by atoms with Crippen LogP contribution < -0.4 is 10.0 Å². The lowest BCUT2D eigenvalue weighted by molar-refractivity contribution is -0.133. The van der Waals surface area contributed by atoms with Gasteiger partial charge >= 0.3 is 0 Å². The van der Waals surface area contributed by atoms with Crippen LogP contribution in [0.15, 0.2) is 41.3 Å². The van der Waals surface area contributed by atoms with Crippen LogP contribution in [0.1, 0.15) is 23.1 Å². The Labute approximate surface area is 182 Å². The minimum atomic E-state index is -3.77. The monoisotopic (exact) mass is 451 g/mol. The molecule has 0 heterocycles. The Kier molecular flexibility index (Phi) is 8.00. The SMILES string of the molecule is Cc1cc(C)c(NC(=O)CN(C)C(=O)CCNS(=O)(=O)c2cccc(Cl)c2)c(C)c1. The van der Waals surface area contributed by atoms with Crippen LogP contribution in [0.25, 0.3) is 0 Å². The van der Waals surface area contributed by atoms with Gasteiger partial charge in [0.15, 0.2) is 0 Å². The summed E-state index contributed by atoms with van der Waals surface area (Å²) in [7, 11) is -2.26. The van der Waals surface area contributed by atoms with Gasteiger partial charge in [-0.2, -0.15) is 0 Å². The number of aryl methyl sites for hydroxylation is 3. The van der Waals surface area contributed by atoms with Crippen molar-refractivity contribution < 1.29 is 18.0 Å². The number of carbonyl (C=O) groups excluding carboxylic acids is 2. The molecular weight excluding hydrogens is 426 g/mol. The number of benzene rings is 2. The molecule has 7 nitrogen and oxygen atoms in total. The molecule has 0 aliphatic heterocycles. The predicted octanol–water partition coefficient (Wildman–Crippen LogP) is 3.03. The molecule has 0 saturated carbocycles. The molecule has 2 aromatic carbocycles. The Bertz CT molecular complexity index is 1030. The standard InChI is InChI=1S/C21H26ClN3O4S/c1-14-10-15(2)21(16(3)11-14)24-19(26)13-25(4)20(27)8-9-23-30(28,29)18-7-5-6-17(22)12-18/h5-7,10-12,23H,8-9,13H2,1-4H3,(H,24,26). The molecule has 2 amide bonds. The van der Waals surface area contributed by atoms with Gasteiger partial charge in [0.25, 0.3) is 0 Å². The Morgan fingerprint density at radius 2 is 1.70 bits per heavy atom. The van der Waals surface area contributed by atoms with Gasteiger partial charge in [-0.15, -0.1) is 0 Å². The van der Waals surface area contributed by atoms with Crippen molar-refractivity contribution in [2.45, 2.75) is 32.1 Å². The van der Waals surface area contributed by atoms with Crippen molar-refractivity contribution in [1.82, 2.24) is 9.62 Å². The average Bonchev–Trinajstić information content (AvgIpc) is 2.64. The lowest BCUT2D eigenvalue weighted by atomic mass is 10.1. The van der Waals surface area contributed by atoms with Gasteiger partial charge in [-0.3, -0.25) is 9.59 Å². The van der Waals surface area contributed by atoms with Crippen molar-refractivity contribution >= 4 is 39.1 Å². The van der Waals surface area contributed by atoms with Gasteiger partial charge < -0.3 is 10.2 Å². The predicted molar refractivity (Wildman–Crippen MR) is 118 cm³/mol. The molecule has 0 aromatic heterocycles. The van der Waals surface area contributed by atoms with E-state index in [2.05, 4.69) is 10.0 Å². The number of anilines is 1. The van der Waals surface area contributed by atoms with Crippen molar-refractivity contribution in [3.05, 3.63) is 58.1 Å². The molecule has 0 bridgehead atoms. The maximum atomic E-state index is 12.3. The molecule has 0 spiro atoms. The molecule has 30 heavy (non-hydrogen) atoms. The number of sulfonamides is 1. The number of rotatable bonds is 8. The molecule has 0 fully saturated rings. The zero-order valence-corrected chi connectivity index (χ0v) is 19.0. The zero-order chi connectivity index (χ0) is 22.5. The van der Waals surface area contributed by atoms with E-state index in [1.165, 1.54) is 30.1 Å². The molecule has 2 N–H and O–H groups in total. The summed E-state index contributed by atoms with van der Waals surface area (Å²) in [5, 5.41) is 3.15. The van der Waals surface area contributed by atoms with Gasteiger partial charge in [-0.25, -0.2) is 13.1 Å². The highest BCUT2D eigenvalue weighted by Gasteiger charge is 2.17. The quantitative estimate of drug-likeness (QED) is 0.644. The van der Waals surface area contributed by atoms with E-state index in [9.17, 15) is 18.0 Å². The molecule has 162 valence electrons. The van der Waals surface area contributed by atoms with Crippen LogP contribution in [-0.4, -0.2) is 45.3 Å². The number of carbonyl (C=O) groups is 2. The summed E-state index contributed by atoms with van der Waals surface area (Å²) in [6.07, 6.45) is -0.0772. The highest BCUT2D eigenvalue weighted by atomic mass is 35.5. The molecule has 2 rings (SSSR count). The third kappa shape index (κ3) is 6.55. The molecule has 0 radical (unpaired) electrons. The number of nitrogens with zero attached hydrogens (tertiary/aromatic N) is 1. The Balaban J connectivity index is 1.87. The summed E-state index contributed by atoms with van der Waals surface area (Å²) in [5.41, 5.74) is 3.74. The van der Waals surface area contributed by atoms with E-state index in [4.69, 9.17) is 11.6 Å². The van der Waals surface area contributed by atoms with Crippen molar-refractivity contribution in [2.75, 3.05) is 25.5 Å². The van der Waals surface area contributed by atoms with E-state index in [0.29, 0.717) is 5.02 Å². The van der Waals surface area contributed by atoms with E-state index < -0.39 is 10.0 Å². The van der Waals surface area contributed by atoms with Crippen LogP contribution in [0.2, 0.25) is 5.02 Å². The Hall–Kier alpha value is -2.42. The molecule has 0 atom stereocenters. The maximum absolute atomic E-state index is 12.3.